The zero-order chi connectivity index (χ0) is 15.3. The highest BCUT2D eigenvalue weighted by Gasteiger charge is 2.16. The molecule has 0 saturated carbocycles. The molecule has 0 unspecified atom stereocenters. The molecule has 0 aliphatic rings. The van der Waals surface area contributed by atoms with Gasteiger partial charge in [-0.15, -0.1) is 0 Å². The van der Waals surface area contributed by atoms with Gasteiger partial charge in [-0.25, -0.2) is 12.8 Å². The summed E-state index contributed by atoms with van der Waals surface area (Å²) < 4.78 is 45.1. The van der Waals surface area contributed by atoms with Gasteiger partial charge in [0.2, 0.25) is 0 Å². The van der Waals surface area contributed by atoms with Gasteiger partial charge in [-0.2, -0.15) is 0 Å². The molecule has 0 atom stereocenters. The maximum atomic E-state index is 13.2. The number of benzene rings is 2. The highest BCUT2D eigenvalue weighted by atomic mass is 32.2. The summed E-state index contributed by atoms with van der Waals surface area (Å²) in [5.74, 6) is -0.547. The van der Waals surface area contributed by atoms with E-state index in [9.17, 15) is 12.8 Å². The number of rotatable bonds is 6. The van der Waals surface area contributed by atoms with Crippen molar-refractivity contribution < 1.29 is 22.7 Å². The normalized spacial score (nSPS) is 11.1. The van der Waals surface area contributed by atoms with Crippen LogP contribution in [0.15, 0.2) is 53.4 Å². The second-order valence-electron chi connectivity index (χ2n) is 4.13. The molecule has 0 fully saturated rings. The molecule has 0 radical (unpaired) electrons. The SMILES string of the molecule is O=S(=O)(Nc1ccc(F)cc1OCCO)c1ccccc1. The first-order valence-electron chi connectivity index (χ1n) is 6.14. The van der Waals surface area contributed by atoms with Crippen LogP contribution in [0.3, 0.4) is 0 Å². The Kier molecular flexibility index (Phi) is 4.77. The summed E-state index contributed by atoms with van der Waals surface area (Å²) in [6.07, 6.45) is 0. The number of hydrogen-bond acceptors (Lipinski definition) is 4. The van der Waals surface area contributed by atoms with Crippen LogP contribution < -0.4 is 9.46 Å². The molecule has 0 aliphatic carbocycles. The fourth-order valence-electron chi connectivity index (χ4n) is 1.66. The number of aliphatic hydroxyl groups is 1. The van der Waals surface area contributed by atoms with E-state index in [1.54, 1.807) is 18.2 Å². The molecule has 21 heavy (non-hydrogen) atoms. The van der Waals surface area contributed by atoms with Crippen molar-refractivity contribution in [1.29, 1.82) is 0 Å². The Morgan fingerprint density at radius 3 is 2.52 bits per heavy atom. The van der Waals surface area contributed by atoms with Gasteiger partial charge in [-0.1, -0.05) is 18.2 Å². The van der Waals surface area contributed by atoms with Crippen LogP contribution in [-0.2, 0) is 10.0 Å². The fraction of sp³-hybridized carbons (Fsp3) is 0.143. The molecule has 0 aromatic heterocycles. The molecular formula is C14H14FNO4S. The first-order chi connectivity index (χ1) is 10.0. The van der Waals surface area contributed by atoms with Crippen molar-refractivity contribution in [2.75, 3.05) is 17.9 Å². The minimum Gasteiger partial charge on any atom is -0.489 e. The van der Waals surface area contributed by atoms with Gasteiger partial charge in [0, 0.05) is 6.07 Å². The highest BCUT2D eigenvalue weighted by molar-refractivity contribution is 7.92. The number of sulfonamides is 1. The first kappa shape index (κ1) is 15.3. The third-order valence-electron chi connectivity index (χ3n) is 2.59. The molecule has 0 amide bonds. The molecule has 0 spiro atoms. The fourth-order valence-corrected chi connectivity index (χ4v) is 2.75. The molecule has 0 saturated heterocycles. The van der Waals surface area contributed by atoms with Crippen molar-refractivity contribution in [3.8, 4) is 5.75 Å². The predicted molar refractivity (Wildman–Crippen MR) is 76.2 cm³/mol. The van der Waals surface area contributed by atoms with Crippen LogP contribution in [0.2, 0.25) is 0 Å². The molecule has 0 aliphatic heterocycles. The molecule has 7 heteroatoms. The zero-order valence-corrected chi connectivity index (χ0v) is 11.8. The lowest BCUT2D eigenvalue weighted by Crippen LogP contribution is -2.14. The van der Waals surface area contributed by atoms with Crippen LogP contribution in [0.1, 0.15) is 0 Å². The summed E-state index contributed by atoms with van der Waals surface area (Å²) in [5.41, 5.74) is 0.105. The van der Waals surface area contributed by atoms with Crippen molar-refractivity contribution in [3.05, 3.63) is 54.3 Å². The van der Waals surface area contributed by atoms with Gasteiger partial charge in [0.25, 0.3) is 10.0 Å². The summed E-state index contributed by atoms with van der Waals surface area (Å²) in [4.78, 5) is 0.0856. The minimum absolute atomic E-state index is 0.0172. The Hall–Kier alpha value is -2.12. The van der Waals surface area contributed by atoms with Crippen molar-refractivity contribution >= 4 is 15.7 Å². The van der Waals surface area contributed by atoms with E-state index in [1.807, 2.05) is 0 Å². The number of halogens is 1. The van der Waals surface area contributed by atoms with Crippen LogP contribution in [0.5, 0.6) is 5.75 Å². The van der Waals surface area contributed by atoms with Crippen molar-refractivity contribution in [3.63, 3.8) is 0 Å². The van der Waals surface area contributed by atoms with Gasteiger partial charge >= 0.3 is 0 Å². The summed E-state index contributed by atoms with van der Waals surface area (Å²) >= 11 is 0. The molecule has 112 valence electrons. The van der Waals surface area contributed by atoms with E-state index in [-0.39, 0.29) is 29.5 Å². The van der Waals surface area contributed by atoms with E-state index >= 15 is 0 Å². The molecule has 2 aromatic carbocycles. The maximum Gasteiger partial charge on any atom is 0.262 e. The Morgan fingerprint density at radius 2 is 1.86 bits per heavy atom. The Morgan fingerprint density at radius 1 is 1.14 bits per heavy atom. The van der Waals surface area contributed by atoms with Crippen LogP contribution in [0, 0.1) is 5.82 Å². The van der Waals surface area contributed by atoms with Crippen LogP contribution in [0.4, 0.5) is 10.1 Å². The van der Waals surface area contributed by atoms with Gasteiger partial charge in [0.15, 0.2) is 0 Å². The standard InChI is InChI=1S/C14H14FNO4S/c15-11-6-7-13(14(10-11)20-9-8-17)16-21(18,19)12-4-2-1-3-5-12/h1-7,10,16-17H,8-9H2. The van der Waals surface area contributed by atoms with E-state index < -0.39 is 15.8 Å². The van der Waals surface area contributed by atoms with Crippen LogP contribution in [-0.4, -0.2) is 26.7 Å². The molecule has 2 aromatic rings. The second kappa shape index (κ2) is 6.55. The van der Waals surface area contributed by atoms with E-state index in [1.165, 1.54) is 18.2 Å². The number of aliphatic hydroxyl groups excluding tert-OH is 1. The largest absolute Gasteiger partial charge is 0.489 e. The second-order valence-corrected chi connectivity index (χ2v) is 5.81. The lowest BCUT2D eigenvalue weighted by molar-refractivity contribution is 0.201. The van der Waals surface area contributed by atoms with Gasteiger partial charge < -0.3 is 9.84 Å². The van der Waals surface area contributed by atoms with E-state index in [0.717, 1.165) is 12.1 Å². The van der Waals surface area contributed by atoms with Crippen molar-refractivity contribution in [1.82, 2.24) is 0 Å². The third kappa shape index (κ3) is 3.93. The average Bonchev–Trinajstić information content (AvgIpc) is 2.48. The van der Waals surface area contributed by atoms with Crippen LogP contribution >= 0.6 is 0 Å². The monoisotopic (exact) mass is 311 g/mol. The third-order valence-corrected chi connectivity index (χ3v) is 3.97. The molecule has 0 heterocycles. The van der Waals surface area contributed by atoms with Gasteiger partial charge in [0.1, 0.15) is 18.2 Å². The lowest BCUT2D eigenvalue weighted by atomic mass is 10.3. The summed E-state index contributed by atoms with van der Waals surface area (Å²) in [7, 11) is -3.79. The Bertz CT molecular complexity index is 704. The number of hydrogen-bond donors (Lipinski definition) is 2. The Balaban J connectivity index is 2.30. The van der Waals surface area contributed by atoms with Crippen molar-refractivity contribution in [2.24, 2.45) is 0 Å². The van der Waals surface area contributed by atoms with E-state index in [2.05, 4.69) is 4.72 Å². The smallest absolute Gasteiger partial charge is 0.262 e. The Labute approximate surface area is 122 Å². The van der Waals surface area contributed by atoms with Gasteiger partial charge in [-0.3, -0.25) is 4.72 Å². The molecule has 0 bridgehead atoms. The highest BCUT2D eigenvalue weighted by Crippen LogP contribution is 2.27. The molecular weight excluding hydrogens is 297 g/mol. The number of ether oxygens (including phenoxy) is 1. The zero-order valence-electron chi connectivity index (χ0n) is 11.0. The maximum absolute atomic E-state index is 13.2. The van der Waals surface area contributed by atoms with E-state index in [0.29, 0.717) is 0 Å². The quantitative estimate of drug-likeness (QED) is 0.855. The topological polar surface area (TPSA) is 75.6 Å². The average molecular weight is 311 g/mol. The minimum atomic E-state index is -3.79. The molecule has 2 N–H and O–H groups in total. The number of nitrogens with one attached hydrogen (secondary N) is 1. The first-order valence-corrected chi connectivity index (χ1v) is 7.62. The van der Waals surface area contributed by atoms with Gasteiger partial charge in [-0.05, 0) is 24.3 Å². The summed E-state index contributed by atoms with van der Waals surface area (Å²) in [6.45, 7) is -0.328. The van der Waals surface area contributed by atoms with Gasteiger partial charge in [0.05, 0.1) is 17.2 Å². The van der Waals surface area contributed by atoms with E-state index in [4.69, 9.17) is 9.84 Å². The van der Waals surface area contributed by atoms with Crippen molar-refractivity contribution in [2.45, 2.75) is 4.90 Å². The number of anilines is 1. The summed E-state index contributed by atoms with van der Waals surface area (Å²) in [6, 6.07) is 11.2. The van der Waals surface area contributed by atoms with Crippen LogP contribution in [0.25, 0.3) is 0 Å². The molecule has 5 nitrogen and oxygen atoms in total. The molecule has 2 rings (SSSR count). The summed E-state index contributed by atoms with van der Waals surface area (Å²) in [5, 5.41) is 8.74. The predicted octanol–water partition coefficient (Wildman–Crippen LogP) is 2.00. The lowest BCUT2D eigenvalue weighted by Gasteiger charge is -2.13.